The maximum absolute atomic E-state index is 12.7. The van der Waals surface area contributed by atoms with Crippen LogP contribution in [-0.2, 0) is 4.79 Å². The smallest absolute Gasteiger partial charge is 0.280 e. The first-order valence-corrected chi connectivity index (χ1v) is 10.7. The zero-order valence-electron chi connectivity index (χ0n) is 18.9. The third kappa shape index (κ3) is 5.70. The number of aromatic nitrogens is 3. The van der Waals surface area contributed by atoms with Gasteiger partial charge in [0, 0.05) is 36.8 Å². The summed E-state index contributed by atoms with van der Waals surface area (Å²) >= 11 is 0. The van der Waals surface area contributed by atoms with E-state index in [2.05, 4.69) is 25.6 Å². The minimum atomic E-state index is -2.69. The van der Waals surface area contributed by atoms with E-state index in [0.29, 0.717) is 17.2 Å². The van der Waals surface area contributed by atoms with Crippen molar-refractivity contribution >= 4 is 23.3 Å². The van der Waals surface area contributed by atoms with E-state index in [1.165, 1.54) is 13.0 Å². The molecule has 0 fully saturated rings. The summed E-state index contributed by atoms with van der Waals surface area (Å²) in [6.45, 7) is 3.37. The minimum absolute atomic E-state index is 0.176. The van der Waals surface area contributed by atoms with Gasteiger partial charge in [0.2, 0.25) is 5.91 Å². The highest BCUT2D eigenvalue weighted by Crippen LogP contribution is 2.30. The maximum Gasteiger partial charge on any atom is 0.280 e. The third-order valence-electron chi connectivity index (χ3n) is 5.20. The minimum Gasteiger partial charge on any atom is -0.322 e. The lowest BCUT2D eigenvalue weighted by Crippen LogP contribution is -2.12. The molecule has 0 bridgehead atoms. The number of alkyl halides is 2. The molecule has 1 aromatic carbocycles. The second-order valence-electron chi connectivity index (χ2n) is 7.80. The lowest BCUT2D eigenvalue weighted by atomic mass is 9.99. The molecule has 2 N–H and O–H groups in total. The van der Waals surface area contributed by atoms with Gasteiger partial charge >= 0.3 is 0 Å². The van der Waals surface area contributed by atoms with Gasteiger partial charge in [-0.3, -0.25) is 19.6 Å². The Bertz CT molecular complexity index is 1390. The van der Waals surface area contributed by atoms with Gasteiger partial charge in [-0.2, -0.15) is 0 Å². The Morgan fingerprint density at radius 2 is 1.63 bits per heavy atom. The Kier molecular flexibility index (Phi) is 6.86. The van der Waals surface area contributed by atoms with Crippen LogP contribution in [0.15, 0.2) is 73.2 Å². The number of benzene rings is 1. The summed E-state index contributed by atoms with van der Waals surface area (Å²) in [7, 11) is 0. The molecule has 0 unspecified atom stereocenters. The van der Waals surface area contributed by atoms with Crippen LogP contribution in [0, 0.1) is 6.92 Å². The van der Waals surface area contributed by atoms with Gasteiger partial charge in [-0.25, -0.2) is 13.8 Å². The average Bonchev–Trinajstić information content (AvgIpc) is 2.85. The summed E-state index contributed by atoms with van der Waals surface area (Å²) in [4.78, 5) is 36.2. The Morgan fingerprint density at radius 3 is 2.34 bits per heavy atom. The summed E-state index contributed by atoms with van der Waals surface area (Å²) in [5, 5.41) is 5.44. The monoisotopic (exact) mass is 473 g/mol. The normalized spacial score (nSPS) is 10.8. The molecule has 2 amide bonds. The van der Waals surface area contributed by atoms with Crippen molar-refractivity contribution in [1.29, 1.82) is 0 Å². The molecular weight excluding hydrogens is 452 g/mol. The fourth-order valence-electron chi connectivity index (χ4n) is 3.48. The van der Waals surface area contributed by atoms with Crippen LogP contribution < -0.4 is 10.6 Å². The number of carbonyl (C=O) groups is 2. The Morgan fingerprint density at radius 1 is 0.857 bits per heavy atom. The van der Waals surface area contributed by atoms with Gasteiger partial charge in [0.1, 0.15) is 11.5 Å². The standard InChI is InChI=1S/C26H21F2N5O2/c1-15-3-5-20(33-26(35)19-4-6-22(25(27)28)31-14-19)13-21(15)17-7-9-29-23(11-17)18-8-10-30-24(12-18)32-16(2)34/h3-14,25H,1-2H3,(H,33,35)(H,30,32,34). The van der Waals surface area contributed by atoms with E-state index >= 15 is 0 Å². The van der Waals surface area contributed by atoms with Crippen molar-refractivity contribution in [2.24, 2.45) is 0 Å². The summed E-state index contributed by atoms with van der Waals surface area (Å²) in [6.07, 6.45) is 1.72. The number of carbonyl (C=O) groups excluding carboxylic acids is 2. The number of aryl methyl sites for hydroxylation is 1. The Balaban J connectivity index is 1.59. The Hall–Kier alpha value is -4.53. The summed E-state index contributed by atoms with van der Waals surface area (Å²) in [5.74, 6) is -0.239. The van der Waals surface area contributed by atoms with Crippen LogP contribution in [0.25, 0.3) is 22.4 Å². The molecule has 0 aliphatic carbocycles. The fourth-order valence-corrected chi connectivity index (χ4v) is 3.48. The second kappa shape index (κ2) is 10.2. The first-order chi connectivity index (χ1) is 16.8. The van der Waals surface area contributed by atoms with Gasteiger partial charge < -0.3 is 10.6 Å². The van der Waals surface area contributed by atoms with Gasteiger partial charge in [-0.05, 0) is 72.1 Å². The van der Waals surface area contributed by atoms with E-state index in [1.54, 1.807) is 30.6 Å². The number of halogens is 2. The number of nitrogens with zero attached hydrogens (tertiary/aromatic N) is 3. The van der Waals surface area contributed by atoms with Crippen molar-refractivity contribution in [3.8, 4) is 22.4 Å². The van der Waals surface area contributed by atoms with Crippen LogP contribution in [0.3, 0.4) is 0 Å². The number of anilines is 2. The lowest BCUT2D eigenvalue weighted by molar-refractivity contribution is -0.114. The largest absolute Gasteiger partial charge is 0.322 e. The third-order valence-corrected chi connectivity index (χ3v) is 5.20. The maximum atomic E-state index is 12.7. The molecule has 0 saturated carbocycles. The molecule has 4 aromatic rings. The topological polar surface area (TPSA) is 96.9 Å². The molecule has 176 valence electrons. The molecule has 7 nitrogen and oxygen atoms in total. The summed E-state index contributed by atoms with van der Waals surface area (Å²) in [5.41, 5.74) is 4.56. The number of hydrogen-bond donors (Lipinski definition) is 2. The quantitative estimate of drug-likeness (QED) is 0.377. The SMILES string of the molecule is CC(=O)Nc1cc(-c2cc(-c3cc(NC(=O)c4ccc(C(F)F)nc4)ccc3C)ccn2)ccn1. The van der Waals surface area contributed by atoms with Crippen LogP contribution >= 0.6 is 0 Å². The number of hydrogen-bond acceptors (Lipinski definition) is 5. The van der Waals surface area contributed by atoms with Gasteiger partial charge in [0.25, 0.3) is 12.3 Å². The van der Waals surface area contributed by atoms with Gasteiger partial charge in [-0.1, -0.05) is 6.07 Å². The van der Waals surface area contributed by atoms with Gasteiger partial charge in [0.05, 0.1) is 11.3 Å². The number of amides is 2. The molecule has 3 aromatic heterocycles. The first kappa shape index (κ1) is 23.6. The molecule has 9 heteroatoms. The zero-order valence-corrected chi connectivity index (χ0v) is 18.9. The van der Waals surface area contributed by atoms with Crippen molar-refractivity contribution < 1.29 is 18.4 Å². The number of pyridine rings is 3. The molecule has 3 heterocycles. The van der Waals surface area contributed by atoms with Crippen LogP contribution in [0.4, 0.5) is 20.3 Å². The van der Waals surface area contributed by atoms with E-state index in [0.717, 1.165) is 34.5 Å². The van der Waals surface area contributed by atoms with E-state index in [-0.39, 0.29) is 17.2 Å². The first-order valence-electron chi connectivity index (χ1n) is 10.7. The summed E-state index contributed by atoms with van der Waals surface area (Å²) in [6, 6.07) is 15.2. The van der Waals surface area contributed by atoms with Gasteiger partial charge in [0.15, 0.2) is 0 Å². The van der Waals surface area contributed by atoms with Crippen molar-refractivity contribution in [1.82, 2.24) is 15.0 Å². The van der Waals surface area contributed by atoms with Crippen molar-refractivity contribution in [3.63, 3.8) is 0 Å². The van der Waals surface area contributed by atoms with Gasteiger partial charge in [-0.15, -0.1) is 0 Å². The molecule has 35 heavy (non-hydrogen) atoms. The molecule has 0 radical (unpaired) electrons. The number of rotatable bonds is 6. The van der Waals surface area contributed by atoms with Crippen LogP contribution in [-0.4, -0.2) is 26.8 Å². The number of nitrogens with one attached hydrogen (secondary N) is 2. The van der Waals surface area contributed by atoms with Crippen LogP contribution in [0.1, 0.15) is 35.0 Å². The predicted octanol–water partition coefficient (Wildman–Crippen LogP) is 5.66. The highest BCUT2D eigenvalue weighted by Gasteiger charge is 2.13. The highest BCUT2D eigenvalue weighted by atomic mass is 19.3. The van der Waals surface area contributed by atoms with Crippen LogP contribution in [0.5, 0.6) is 0 Å². The Labute approximate surface area is 200 Å². The lowest BCUT2D eigenvalue weighted by Gasteiger charge is -2.12. The average molecular weight is 473 g/mol. The fraction of sp³-hybridized carbons (Fsp3) is 0.115. The van der Waals surface area contributed by atoms with E-state index < -0.39 is 12.3 Å². The van der Waals surface area contributed by atoms with Crippen molar-refractivity contribution in [3.05, 3.63) is 90.0 Å². The second-order valence-corrected chi connectivity index (χ2v) is 7.80. The molecule has 0 saturated heterocycles. The molecule has 0 aliphatic heterocycles. The molecule has 0 spiro atoms. The molecule has 0 atom stereocenters. The summed E-state index contributed by atoms with van der Waals surface area (Å²) < 4.78 is 25.4. The van der Waals surface area contributed by atoms with Crippen molar-refractivity contribution in [2.45, 2.75) is 20.3 Å². The van der Waals surface area contributed by atoms with E-state index in [1.807, 2.05) is 31.2 Å². The van der Waals surface area contributed by atoms with E-state index in [9.17, 15) is 18.4 Å². The molecule has 4 rings (SSSR count). The van der Waals surface area contributed by atoms with Crippen LogP contribution in [0.2, 0.25) is 0 Å². The predicted molar refractivity (Wildman–Crippen MR) is 129 cm³/mol. The molecular formula is C26H21F2N5O2. The highest BCUT2D eigenvalue weighted by molar-refractivity contribution is 6.04. The van der Waals surface area contributed by atoms with E-state index in [4.69, 9.17) is 0 Å². The molecule has 0 aliphatic rings. The zero-order chi connectivity index (χ0) is 24.9. The van der Waals surface area contributed by atoms with Crippen molar-refractivity contribution in [2.75, 3.05) is 10.6 Å².